The lowest BCUT2D eigenvalue weighted by molar-refractivity contribution is -0.152. The molecule has 0 aromatic carbocycles. The highest BCUT2D eigenvalue weighted by Crippen LogP contribution is 2.57. The molecular weight excluding hydrogens is 242 g/mol. The van der Waals surface area contributed by atoms with Crippen molar-refractivity contribution in [2.75, 3.05) is 0 Å². The molecule has 19 heavy (non-hydrogen) atoms. The maximum Gasteiger partial charge on any atom is 0.310 e. The van der Waals surface area contributed by atoms with Gasteiger partial charge in [0, 0.05) is 12.5 Å². The van der Waals surface area contributed by atoms with Crippen molar-refractivity contribution in [3.05, 3.63) is 12.2 Å². The highest BCUT2D eigenvalue weighted by atomic mass is 16.4. The van der Waals surface area contributed by atoms with E-state index in [-0.39, 0.29) is 6.04 Å². The molecule has 2 fully saturated rings. The first-order chi connectivity index (χ1) is 9.03. The van der Waals surface area contributed by atoms with E-state index >= 15 is 0 Å². The van der Waals surface area contributed by atoms with E-state index in [1.165, 1.54) is 12.7 Å². The first-order valence-corrected chi connectivity index (χ1v) is 7.14. The van der Waals surface area contributed by atoms with Gasteiger partial charge < -0.3 is 5.11 Å². The summed E-state index contributed by atoms with van der Waals surface area (Å²) in [6.07, 6.45) is 6.24. The van der Waals surface area contributed by atoms with Gasteiger partial charge in [-0.05, 0) is 44.9 Å². The molecule has 3 atom stereocenters. The number of carbonyl (C=O) groups is 1. The molecule has 2 bridgehead atoms. The molecule has 104 valence electrons. The molecule has 1 N–H and O–H groups in total. The average Bonchev–Trinajstić information content (AvgIpc) is 3.02. The number of aromatic nitrogens is 3. The van der Waals surface area contributed by atoms with Crippen molar-refractivity contribution >= 4 is 5.97 Å². The van der Waals surface area contributed by atoms with Crippen LogP contribution in [0.1, 0.15) is 51.4 Å². The first kappa shape index (κ1) is 12.6. The Morgan fingerprint density at radius 2 is 2.37 bits per heavy atom. The minimum absolute atomic E-state index is 0.224. The second-order valence-corrected chi connectivity index (χ2v) is 6.43. The predicted molar refractivity (Wildman–Crippen MR) is 69.6 cm³/mol. The van der Waals surface area contributed by atoms with Gasteiger partial charge in [-0.25, -0.2) is 9.67 Å². The van der Waals surface area contributed by atoms with Gasteiger partial charge in [-0.2, -0.15) is 5.10 Å². The number of rotatable bonds is 4. The van der Waals surface area contributed by atoms with Gasteiger partial charge in [-0.15, -0.1) is 0 Å². The molecule has 0 aliphatic heterocycles. The van der Waals surface area contributed by atoms with Gasteiger partial charge in [0.15, 0.2) is 0 Å². The Hall–Kier alpha value is -1.39. The molecule has 1 aromatic heterocycles. The van der Waals surface area contributed by atoms with Crippen LogP contribution in [0.2, 0.25) is 0 Å². The molecule has 2 aliphatic carbocycles. The summed E-state index contributed by atoms with van der Waals surface area (Å²) in [6, 6.07) is 0.224. The summed E-state index contributed by atoms with van der Waals surface area (Å²) in [5.41, 5.74) is -0.595. The molecule has 1 aromatic rings. The number of carboxylic acids is 1. The lowest BCUT2D eigenvalue weighted by Gasteiger charge is -2.33. The molecule has 5 nitrogen and oxygen atoms in total. The Kier molecular flexibility index (Phi) is 2.87. The molecule has 0 amide bonds. The summed E-state index contributed by atoms with van der Waals surface area (Å²) < 4.78 is 1.86. The van der Waals surface area contributed by atoms with E-state index in [0.29, 0.717) is 18.3 Å². The minimum atomic E-state index is -0.641. The van der Waals surface area contributed by atoms with Crippen molar-refractivity contribution in [3.63, 3.8) is 0 Å². The van der Waals surface area contributed by atoms with E-state index in [2.05, 4.69) is 10.1 Å². The van der Waals surface area contributed by atoms with Crippen LogP contribution in [0, 0.1) is 17.3 Å². The largest absolute Gasteiger partial charge is 0.481 e. The van der Waals surface area contributed by atoms with Crippen LogP contribution in [0.3, 0.4) is 0 Å². The predicted octanol–water partition coefficient (Wildman–Crippen LogP) is 2.29. The van der Waals surface area contributed by atoms with Gasteiger partial charge in [0.1, 0.15) is 12.2 Å². The third-order valence-electron chi connectivity index (χ3n) is 5.01. The molecule has 5 heteroatoms. The van der Waals surface area contributed by atoms with Crippen LogP contribution in [-0.4, -0.2) is 25.8 Å². The zero-order valence-electron chi connectivity index (χ0n) is 11.5. The van der Waals surface area contributed by atoms with Crippen LogP contribution in [0.4, 0.5) is 0 Å². The van der Waals surface area contributed by atoms with E-state index in [9.17, 15) is 9.90 Å². The fourth-order valence-corrected chi connectivity index (χ4v) is 4.11. The van der Waals surface area contributed by atoms with Crippen molar-refractivity contribution in [3.8, 4) is 0 Å². The third kappa shape index (κ3) is 1.86. The summed E-state index contributed by atoms with van der Waals surface area (Å²) in [5.74, 6) is 1.12. The van der Waals surface area contributed by atoms with Gasteiger partial charge in [0.25, 0.3) is 0 Å². The summed E-state index contributed by atoms with van der Waals surface area (Å²) in [6.45, 7) is 4.10. The minimum Gasteiger partial charge on any atom is -0.481 e. The molecule has 1 heterocycles. The molecule has 3 unspecified atom stereocenters. The van der Waals surface area contributed by atoms with Gasteiger partial charge in [-0.3, -0.25) is 4.79 Å². The Bertz CT molecular complexity index is 497. The molecular formula is C14H21N3O2. The number of aliphatic carboxylic acids is 1. The van der Waals surface area contributed by atoms with Crippen LogP contribution < -0.4 is 0 Å². The van der Waals surface area contributed by atoms with Gasteiger partial charge in [0.05, 0.1) is 5.41 Å². The Labute approximate surface area is 113 Å². The first-order valence-electron chi connectivity index (χ1n) is 7.14. The summed E-state index contributed by atoms with van der Waals surface area (Å²) in [5, 5.41) is 14.0. The molecule has 0 radical (unpaired) electrons. The number of hydrogen-bond donors (Lipinski definition) is 1. The van der Waals surface area contributed by atoms with Crippen LogP contribution in [0.15, 0.2) is 6.33 Å². The SMILES string of the molecule is CC(C)n1ncnc1CC1(C(=O)O)CC2CCC1C2. The van der Waals surface area contributed by atoms with E-state index in [4.69, 9.17) is 0 Å². The lowest BCUT2D eigenvalue weighted by Crippen LogP contribution is -2.39. The van der Waals surface area contributed by atoms with Gasteiger partial charge in [0.2, 0.25) is 0 Å². The maximum atomic E-state index is 11.9. The third-order valence-corrected chi connectivity index (χ3v) is 5.01. The standard InChI is InChI=1S/C14H21N3O2/c1-9(2)17-12(15-8-16-17)7-14(13(18)19)6-10-3-4-11(14)5-10/h8-11H,3-7H2,1-2H3,(H,18,19). The maximum absolute atomic E-state index is 11.9. The second-order valence-electron chi connectivity index (χ2n) is 6.43. The number of carboxylic acid groups (broad SMARTS) is 1. The Morgan fingerprint density at radius 1 is 1.58 bits per heavy atom. The Balaban J connectivity index is 1.91. The summed E-state index contributed by atoms with van der Waals surface area (Å²) in [4.78, 5) is 16.2. The second kappa shape index (κ2) is 4.32. The topological polar surface area (TPSA) is 68.0 Å². The zero-order chi connectivity index (χ0) is 13.6. The summed E-state index contributed by atoms with van der Waals surface area (Å²) in [7, 11) is 0. The van der Waals surface area contributed by atoms with Crippen LogP contribution in [-0.2, 0) is 11.2 Å². The highest BCUT2D eigenvalue weighted by Gasteiger charge is 2.56. The summed E-state index contributed by atoms with van der Waals surface area (Å²) >= 11 is 0. The van der Waals surface area contributed by atoms with Crippen molar-refractivity contribution in [1.29, 1.82) is 0 Å². The smallest absolute Gasteiger partial charge is 0.310 e. The molecule has 0 spiro atoms. The average molecular weight is 263 g/mol. The van der Waals surface area contributed by atoms with Crippen LogP contribution >= 0.6 is 0 Å². The Morgan fingerprint density at radius 3 is 2.89 bits per heavy atom. The van der Waals surface area contributed by atoms with E-state index in [1.54, 1.807) is 0 Å². The molecule has 0 saturated heterocycles. The van der Waals surface area contributed by atoms with Crippen molar-refractivity contribution in [2.24, 2.45) is 17.3 Å². The van der Waals surface area contributed by atoms with Crippen molar-refractivity contribution in [1.82, 2.24) is 14.8 Å². The normalized spacial score (nSPS) is 33.2. The monoisotopic (exact) mass is 263 g/mol. The number of hydrogen-bond acceptors (Lipinski definition) is 3. The molecule has 2 saturated carbocycles. The number of fused-ring (bicyclic) bond motifs is 2. The molecule has 3 rings (SSSR count). The fourth-order valence-electron chi connectivity index (χ4n) is 4.11. The van der Waals surface area contributed by atoms with E-state index < -0.39 is 11.4 Å². The quantitative estimate of drug-likeness (QED) is 0.905. The van der Waals surface area contributed by atoms with Crippen molar-refractivity contribution in [2.45, 2.75) is 52.0 Å². The molecule has 2 aliphatic rings. The fraction of sp³-hybridized carbons (Fsp3) is 0.786. The highest BCUT2D eigenvalue weighted by molar-refractivity contribution is 5.76. The zero-order valence-corrected chi connectivity index (χ0v) is 11.5. The van der Waals surface area contributed by atoms with E-state index in [0.717, 1.165) is 25.1 Å². The lowest BCUT2D eigenvalue weighted by atomic mass is 9.70. The van der Waals surface area contributed by atoms with Crippen LogP contribution in [0.5, 0.6) is 0 Å². The van der Waals surface area contributed by atoms with E-state index in [1.807, 2.05) is 18.5 Å². The van der Waals surface area contributed by atoms with Gasteiger partial charge >= 0.3 is 5.97 Å². The van der Waals surface area contributed by atoms with Crippen LogP contribution in [0.25, 0.3) is 0 Å². The van der Waals surface area contributed by atoms with Crippen molar-refractivity contribution < 1.29 is 9.90 Å². The van der Waals surface area contributed by atoms with Gasteiger partial charge in [-0.1, -0.05) is 6.42 Å². The number of nitrogens with zero attached hydrogens (tertiary/aromatic N) is 3.